The van der Waals surface area contributed by atoms with Gasteiger partial charge in [-0.05, 0) is 54.8 Å². The molecular formula is C16H20N2O2S. The molecule has 0 fully saturated rings. The highest BCUT2D eigenvalue weighted by atomic mass is 32.2. The summed E-state index contributed by atoms with van der Waals surface area (Å²) in [5.74, 6) is 0. The van der Waals surface area contributed by atoms with E-state index in [2.05, 4.69) is 11.6 Å². The SMILES string of the molecule is CCCc1ccc(S(=O)(=O)Nc2ccc(N)c(C)c2)cc1. The number of aryl methyl sites for hydroxylation is 2. The fourth-order valence-corrected chi connectivity index (χ4v) is 3.13. The van der Waals surface area contributed by atoms with Gasteiger partial charge in [-0.15, -0.1) is 0 Å². The van der Waals surface area contributed by atoms with Gasteiger partial charge in [0.25, 0.3) is 10.0 Å². The Bertz CT molecular complexity index is 722. The third kappa shape index (κ3) is 3.76. The van der Waals surface area contributed by atoms with E-state index in [0.29, 0.717) is 11.4 Å². The van der Waals surface area contributed by atoms with Crippen molar-refractivity contribution in [1.82, 2.24) is 0 Å². The molecule has 3 N–H and O–H groups in total. The van der Waals surface area contributed by atoms with Gasteiger partial charge in [0, 0.05) is 11.4 Å². The second-order valence-corrected chi connectivity index (χ2v) is 6.75. The van der Waals surface area contributed by atoms with Crippen molar-refractivity contribution in [3.63, 3.8) is 0 Å². The first-order valence-corrected chi connectivity index (χ1v) is 8.38. The van der Waals surface area contributed by atoms with Crippen LogP contribution in [0.15, 0.2) is 47.4 Å². The summed E-state index contributed by atoms with van der Waals surface area (Å²) in [5.41, 5.74) is 8.87. The van der Waals surface area contributed by atoms with Crippen LogP contribution in [0, 0.1) is 6.92 Å². The van der Waals surface area contributed by atoms with Gasteiger partial charge in [0.1, 0.15) is 0 Å². The summed E-state index contributed by atoms with van der Waals surface area (Å²) in [5, 5.41) is 0. The first-order chi connectivity index (χ1) is 9.92. The van der Waals surface area contributed by atoms with Crippen molar-refractivity contribution in [2.45, 2.75) is 31.6 Å². The molecule has 21 heavy (non-hydrogen) atoms. The minimum Gasteiger partial charge on any atom is -0.399 e. The van der Waals surface area contributed by atoms with Crippen molar-refractivity contribution in [2.75, 3.05) is 10.5 Å². The largest absolute Gasteiger partial charge is 0.399 e. The van der Waals surface area contributed by atoms with Crippen LogP contribution >= 0.6 is 0 Å². The van der Waals surface area contributed by atoms with E-state index in [4.69, 9.17) is 5.73 Å². The number of nitrogens with one attached hydrogen (secondary N) is 1. The highest BCUT2D eigenvalue weighted by Crippen LogP contribution is 2.20. The molecule has 0 aliphatic rings. The lowest BCUT2D eigenvalue weighted by Crippen LogP contribution is -2.13. The van der Waals surface area contributed by atoms with Gasteiger partial charge < -0.3 is 5.73 Å². The Labute approximate surface area is 126 Å². The summed E-state index contributed by atoms with van der Waals surface area (Å²) in [7, 11) is -3.57. The highest BCUT2D eigenvalue weighted by Gasteiger charge is 2.14. The van der Waals surface area contributed by atoms with Gasteiger partial charge in [0.15, 0.2) is 0 Å². The smallest absolute Gasteiger partial charge is 0.261 e. The van der Waals surface area contributed by atoms with Gasteiger partial charge in [-0.2, -0.15) is 0 Å². The van der Waals surface area contributed by atoms with Crippen LogP contribution in [0.25, 0.3) is 0 Å². The maximum atomic E-state index is 12.3. The lowest BCUT2D eigenvalue weighted by atomic mass is 10.1. The van der Waals surface area contributed by atoms with E-state index in [1.165, 1.54) is 0 Å². The third-order valence-corrected chi connectivity index (χ3v) is 4.69. The number of anilines is 2. The molecule has 0 atom stereocenters. The molecule has 2 aromatic carbocycles. The van der Waals surface area contributed by atoms with E-state index in [0.717, 1.165) is 24.0 Å². The number of hydrogen-bond donors (Lipinski definition) is 2. The van der Waals surface area contributed by atoms with Gasteiger partial charge >= 0.3 is 0 Å². The van der Waals surface area contributed by atoms with Crippen LogP contribution in [0.4, 0.5) is 11.4 Å². The molecule has 5 heteroatoms. The zero-order valence-electron chi connectivity index (χ0n) is 12.3. The molecule has 0 amide bonds. The first kappa shape index (κ1) is 15.4. The normalized spacial score (nSPS) is 11.3. The molecule has 0 aliphatic heterocycles. The molecule has 0 aromatic heterocycles. The standard InChI is InChI=1S/C16H20N2O2S/c1-3-4-13-5-8-15(9-6-13)21(19,20)18-14-7-10-16(17)12(2)11-14/h5-11,18H,3-4,17H2,1-2H3. The van der Waals surface area contributed by atoms with Crippen molar-refractivity contribution in [3.05, 3.63) is 53.6 Å². The van der Waals surface area contributed by atoms with Crippen LogP contribution in [-0.4, -0.2) is 8.42 Å². The maximum Gasteiger partial charge on any atom is 0.261 e. The molecule has 4 nitrogen and oxygen atoms in total. The quantitative estimate of drug-likeness (QED) is 0.832. The highest BCUT2D eigenvalue weighted by molar-refractivity contribution is 7.92. The molecule has 2 aromatic rings. The van der Waals surface area contributed by atoms with Gasteiger partial charge in [0.05, 0.1) is 4.90 Å². The lowest BCUT2D eigenvalue weighted by Gasteiger charge is -2.10. The third-order valence-electron chi connectivity index (χ3n) is 3.29. The molecule has 112 valence electrons. The van der Waals surface area contributed by atoms with E-state index in [1.807, 2.05) is 19.1 Å². The second-order valence-electron chi connectivity index (χ2n) is 5.07. The van der Waals surface area contributed by atoms with Crippen LogP contribution in [-0.2, 0) is 16.4 Å². The van der Waals surface area contributed by atoms with E-state index < -0.39 is 10.0 Å². The molecule has 0 saturated carbocycles. The zero-order valence-corrected chi connectivity index (χ0v) is 13.1. The van der Waals surface area contributed by atoms with Crippen molar-refractivity contribution < 1.29 is 8.42 Å². The average molecular weight is 304 g/mol. The predicted molar refractivity (Wildman–Crippen MR) is 86.8 cm³/mol. The number of benzene rings is 2. The number of sulfonamides is 1. The van der Waals surface area contributed by atoms with E-state index in [9.17, 15) is 8.42 Å². The summed E-state index contributed by atoms with van der Waals surface area (Å²) < 4.78 is 27.2. The number of hydrogen-bond acceptors (Lipinski definition) is 3. The maximum absolute atomic E-state index is 12.3. The van der Waals surface area contributed by atoms with Crippen molar-refractivity contribution >= 4 is 21.4 Å². The number of nitrogen functional groups attached to an aromatic ring is 1. The van der Waals surface area contributed by atoms with Gasteiger partial charge in [-0.3, -0.25) is 4.72 Å². The van der Waals surface area contributed by atoms with Crippen molar-refractivity contribution in [3.8, 4) is 0 Å². The fraction of sp³-hybridized carbons (Fsp3) is 0.250. The zero-order chi connectivity index (χ0) is 15.5. The van der Waals surface area contributed by atoms with Crippen LogP contribution in [0.3, 0.4) is 0 Å². The first-order valence-electron chi connectivity index (χ1n) is 6.90. The summed E-state index contributed by atoms with van der Waals surface area (Å²) in [6, 6.07) is 12.1. The van der Waals surface area contributed by atoms with Crippen molar-refractivity contribution in [1.29, 1.82) is 0 Å². The molecule has 0 unspecified atom stereocenters. The van der Waals surface area contributed by atoms with Crippen LogP contribution in [0.5, 0.6) is 0 Å². The molecule has 0 spiro atoms. The predicted octanol–water partition coefficient (Wildman–Crippen LogP) is 3.33. The Hall–Kier alpha value is -2.01. The van der Waals surface area contributed by atoms with Crippen LogP contribution < -0.4 is 10.5 Å². The molecule has 0 saturated heterocycles. The Morgan fingerprint density at radius 3 is 2.33 bits per heavy atom. The van der Waals surface area contributed by atoms with Crippen LogP contribution in [0.2, 0.25) is 0 Å². The Morgan fingerprint density at radius 1 is 1.10 bits per heavy atom. The molecular weight excluding hydrogens is 284 g/mol. The summed E-state index contributed by atoms with van der Waals surface area (Å²) >= 11 is 0. The Kier molecular flexibility index (Phi) is 4.53. The summed E-state index contributed by atoms with van der Waals surface area (Å²) in [6.07, 6.45) is 1.99. The summed E-state index contributed by atoms with van der Waals surface area (Å²) in [6.45, 7) is 3.93. The fourth-order valence-electron chi connectivity index (χ4n) is 2.08. The van der Waals surface area contributed by atoms with Crippen molar-refractivity contribution in [2.24, 2.45) is 0 Å². The summed E-state index contributed by atoms with van der Waals surface area (Å²) in [4.78, 5) is 0.261. The van der Waals surface area contributed by atoms with Crippen LogP contribution in [0.1, 0.15) is 24.5 Å². The minimum absolute atomic E-state index is 0.261. The minimum atomic E-state index is -3.57. The number of rotatable bonds is 5. The molecule has 0 radical (unpaired) electrons. The molecule has 0 heterocycles. The lowest BCUT2D eigenvalue weighted by molar-refractivity contribution is 0.601. The van der Waals surface area contributed by atoms with Gasteiger partial charge in [-0.1, -0.05) is 25.5 Å². The van der Waals surface area contributed by atoms with E-state index >= 15 is 0 Å². The van der Waals surface area contributed by atoms with E-state index in [-0.39, 0.29) is 4.90 Å². The number of nitrogens with two attached hydrogens (primary N) is 1. The van der Waals surface area contributed by atoms with Gasteiger partial charge in [0.2, 0.25) is 0 Å². The topological polar surface area (TPSA) is 72.2 Å². The Morgan fingerprint density at radius 2 is 1.76 bits per heavy atom. The average Bonchev–Trinajstić information content (AvgIpc) is 2.44. The monoisotopic (exact) mass is 304 g/mol. The molecule has 0 bridgehead atoms. The van der Waals surface area contributed by atoms with E-state index in [1.54, 1.807) is 30.3 Å². The molecule has 0 aliphatic carbocycles. The Balaban J connectivity index is 2.23. The van der Waals surface area contributed by atoms with Gasteiger partial charge in [-0.25, -0.2) is 8.42 Å². The molecule has 2 rings (SSSR count). The second kappa shape index (κ2) is 6.18.